The molecule has 0 saturated heterocycles. The number of fused-ring (bicyclic) bond motifs is 1. The maximum Gasteiger partial charge on any atom is 0.247 e. The molecule has 1 aromatic carbocycles. The molecule has 17 heavy (non-hydrogen) atoms. The minimum atomic E-state index is -0.363. The van der Waals surface area contributed by atoms with Crippen molar-refractivity contribution in [3.05, 3.63) is 46.8 Å². The Bertz CT molecular complexity index is 696. The Balaban J connectivity index is 2.22. The highest BCUT2D eigenvalue weighted by Gasteiger charge is 2.12. The van der Waals surface area contributed by atoms with E-state index in [1.165, 1.54) is 6.07 Å². The van der Waals surface area contributed by atoms with Gasteiger partial charge in [-0.2, -0.15) is 0 Å². The maximum atomic E-state index is 13.6. The van der Waals surface area contributed by atoms with Gasteiger partial charge >= 0.3 is 0 Å². The van der Waals surface area contributed by atoms with Gasteiger partial charge in [0.05, 0.1) is 5.56 Å². The number of nitrogens with zero attached hydrogens (tertiary/aromatic N) is 2. The van der Waals surface area contributed by atoms with Crippen molar-refractivity contribution in [1.82, 2.24) is 9.97 Å². The van der Waals surface area contributed by atoms with Crippen molar-refractivity contribution < 1.29 is 8.81 Å². The third-order valence-electron chi connectivity index (χ3n) is 2.32. The van der Waals surface area contributed by atoms with Crippen molar-refractivity contribution in [3.8, 4) is 11.5 Å². The zero-order valence-corrected chi connectivity index (χ0v) is 10.1. The highest BCUT2D eigenvalue weighted by Crippen LogP contribution is 2.26. The Hall–Kier alpha value is -1.75. The summed E-state index contributed by atoms with van der Waals surface area (Å²) in [4.78, 5) is 8.26. The lowest BCUT2D eigenvalue weighted by Gasteiger charge is -1.95. The first-order chi connectivity index (χ1) is 8.24. The van der Waals surface area contributed by atoms with E-state index in [0.29, 0.717) is 16.8 Å². The van der Waals surface area contributed by atoms with Gasteiger partial charge in [0.1, 0.15) is 11.3 Å². The molecule has 0 amide bonds. The van der Waals surface area contributed by atoms with Crippen LogP contribution in [0.15, 0.2) is 45.4 Å². The van der Waals surface area contributed by atoms with Gasteiger partial charge in [0, 0.05) is 10.7 Å². The zero-order chi connectivity index (χ0) is 11.8. The second-order valence-electron chi connectivity index (χ2n) is 3.48. The van der Waals surface area contributed by atoms with Crippen LogP contribution in [0.4, 0.5) is 4.39 Å². The van der Waals surface area contributed by atoms with E-state index in [4.69, 9.17) is 4.42 Å². The van der Waals surface area contributed by atoms with Gasteiger partial charge in [-0.25, -0.2) is 14.4 Å². The number of halogens is 2. The fourth-order valence-electron chi connectivity index (χ4n) is 1.55. The molecule has 3 nitrogen and oxygen atoms in total. The van der Waals surface area contributed by atoms with Crippen molar-refractivity contribution in [3.63, 3.8) is 0 Å². The third-order valence-corrected chi connectivity index (χ3v) is 2.75. The average Bonchev–Trinajstić information content (AvgIpc) is 2.72. The molecule has 0 aliphatic heterocycles. The topological polar surface area (TPSA) is 38.9 Å². The van der Waals surface area contributed by atoms with Crippen LogP contribution in [0.25, 0.3) is 22.7 Å². The van der Waals surface area contributed by atoms with Crippen LogP contribution < -0.4 is 0 Å². The van der Waals surface area contributed by atoms with Crippen molar-refractivity contribution in [2.75, 3.05) is 0 Å². The van der Waals surface area contributed by atoms with E-state index in [9.17, 15) is 4.39 Å². The molecule has 0 N–H and O–H groups in total. The van der Waals surface area contributed by atoms with Gasteiger partial charge in [-0.05, 0) is 34.1 Å². The molecule has 0 spiro atoms. The summed E-state index contributed by atoms with van der Waals surface area (Å²) in [7, 11) is 0. The number of oxazole rings is 1. The zero-order valence-electron chi connectivity index (χ0n) is 8.52. The number of pyridine rings is 1. The Labute approximate surface area is 104 Å². The van der Waals surface area contributed by atoms with Crippen LogP contribution in [-0.4, -0.2) is 9.97 Å². The highest BCUT2D eigenvalue weighted by atomic mass is 79.9. The molecule has 0 saturated carbocycles. The lowest BCUT2D eigenvalue weighted by molar-refractivity contribution is 0.586. The van der Waals surface area contributed by atoms with Crippen LogP contribution in [-0.2, 0) is 0 Å². The predicted octanol–water partition coefficient (Wildman–Crippen LogP) is 3.79. The Morgan fingerprint density at radius 2 is 2.06 bits per heavy atom. The molecule has 0 bridgehead atoms. The van der Waals surface area contributed by atoms with E-state index in [0.717, 1.165) is 4.47 Å². The minimum Gasteiger partial charge on any atom is -0.418 e. The molecule has 3 rings (SSSR count). The van der Waals surface area contributed by atoms with Crippen molar-refractivity contribution in [2.45, 2.75) is 0 Å². The third kappa shape index (κ3) is 1.82. The SMILES string of the molecule is Fc1ccccc1-c1nc2cc(Br)cnc2o1. The first kappa shape index (κ1) is 10.4. The molecule has 0 atom stereocenters. The van der Waals surface area contributed by atoms with Crippen LogP contribution >= 0.6 is 15.9 Å². The molecule has 0 aliphatic rings. The van der Waals surface area contributed by atoms with Gasteiger partial charge in [0.15, 0.2) is 0 Å². The summed E-state index contributed by atoms with van der Waals surface area (Å²) >= 11 is 3.29. The number of hydrogen-bond acceptors (Lipinski definition) is 3. The molecule has 0 radical (unpaired) electrons. The Kier molecular flexibility index (Phi) is 2.40. The van der Waals surface area contributed by atoms with Crippen molar-refractivity contribution in [2.24, 2.45) is 0 Å². The van der Waals surface area contributed by atoms with E-state index < -0.39 is 0 Å². The molecular weight excluding hydrogens is 287 g/mol. The van der Waals surface area contributed by atoms with Gasteiger partial charge < -0.3 is 4.42 Å². The molecule has 5 heteroatoms. The second-order valence-corrected chi connectivity index (χ2v) is 4.39. The molecule has 2 heterocycles. The summed E-state index contributed by atoms with van der Waals surface area (Å²) in [6.07, 6.45) is 1.61. The van der Waals surface area contributed by atoms with Crippen LogP contribution in [0.2, 0.25) is 0 Å². The number of benzene rings is 1. The summed E-state index contributed by atoms with van der Waals surface area (Å²) in [5.74, 6) is -0.123. The summed E-state index contributed by atoms with van der Waals surface area (Å²) in [5.41, 5.74) is 1.32. The summed E-state index contributed by atoms with van der Waals surface area (Å²) < 4.78 is 19.8. The normalized spacial score (nSPS) is 10.9. The fraction of sp³-hybridized carbons (Fsp3) is 0. The summed E-state index contributed by atoms with van der Waals surface area (Å²) in [6.45, 7) is 0. The van der Waals surface area contributed by atoms with E-state index in [1.807, 2.05) is 0 Å². The van der Waals surface area contributed by atoms with Gasteiger partial charge in [-0.1, -0.05) is 12.1 Å². The number of rotatable bonds is 1. The monoisotopic (exact) mass is 292 g/mol. The standard InChI is InChI=1S/C12H6BrFN2O/c13-7-5-10-12(15-6-7)17-11(16-10)8-3-1-2-4-9(8)14/h1-6H. The molecule has 84 valence electrons. The highest BCUT2D eigenvalue weighted by molar-refractivity contribution is 9.10. The Morgan fingerprint density at radius 3 is 2.88 bits per heavy atom. The summed E-state index contributed by atoms with van der Waals surface area (Å²) in [6, 6.07) is 8.12. The van der Waals surface area contributed by atoms with Crippen molar-refractivity contribution >= 4 is 27.2 Å². The molecular formula is C12H6BrFN2O. The largest absolute Gasteiger partial charge is 0.418 e. The minimum absolute atomic E-state index is 0.240. The average molecular weight is 293 g/mol. The molecule has 0 aliphatic carbocycles. The van der Waals surface area contributed by atoms with Gasteiger partial charge in [0.2, 0.25) is 11.6 Å². The lowest BCUT2D eigenvalue weighted by atomic mass is 10.2. The predicted molar refractivity (Wildman–Crippen MR) is 64.9 cm³/mol. The van der Waals surface area contributed by atoms with Crippen molar-refractivity contribution in [1.29, 1.82) is 0 Å². The van der Waals surface area contributed by atoms with Crippen LogP contribution in [0, 0.1) is 5.82 Å². The number of hydrogen-bond donors (Lipinski definition) is 0. The smallest absolute Gasteiger partial charge is 0.247 e. The van der Waals surface area contributed by atoms with E-state index in [-0.39, 0.29) is 11.7 Å². The first-order valence-corrected chi connectivity index (χ1v) is 5.70. The van der Waals surface area contributed by atoms with E-state index in [1.54, 1.807) is 30.5 Å². The van der Waals surface area contributed by atoms with Gasteiger partial charge in [-0.3, -0.25) is 0 Å². The van der Waals surface area contributed by atoms with E-state index in [2.05, 4.69) is 25.9 Å². The lowest BCUT2D eigenvalue weighted by Crippen LogP contribution is -1.82. The van der Waals surface area contributed by atoms with Crippen LogP contribution in [0.3, 0.4) is 0 Å². The van der Waals surface area contributed by atoms with E-state index >= 15 is 0 Å². The molecule has 2 aromatic heterocycles. The summed E-state index contributed by atoms with van der Waals surface area (Å²) in [5, 5.41) is 0. The molecule has 0 unspecified atom stereocenters. The maximum absolute atomic E-state index is 13.6. The fourth-order valence-corrected chi connectivity index (χ4v) is 1.87. The van der Waals surface area contributed by atoms with Gasteiger partial charge in [-0.15, -0.1) is 0 Å². The quantitative estimate of drug-likeness (QED) is 0.685. The Morgan fingerprint density at radius 1 is 1.24 bits per heavy atom. The number of aromatic nitrogens is 2. The van der Waals surface area contributed by atoms with Crippen LogP contribution in [0.1, 0.15) is 0 Å². The molecule has 3 aromatic rings. The van der Waals surface area contributed by atoms with Gasteiger partial charge in [0.25, 0.3) is 0 Å². The second kappa shape index (κ2) is 3.92. The van der Waals surface area contributed by atoms with Crippen LogP contribution in [0.5, 0.6) is 0 Å². The molecule has 0 fully saturated rings. The first-order valence-electron chi connectivity index (χ1n) is 4.91.